The van der Waals surface area contributed by atoms with Crippen LogP contribution in [0.5, 0.6) is 0 Å². The van der Waals surface area contributed by atoms with Crippen molar-refractivity contribution in [3.05, 3.63) is 69.1 Å². The molecule has 0 N–H and O–H groups in total. The molecule has 0 aliphatic carbocycles. The molecule has 0 amide bonds. The number of ether oxygens (including phenoxy) is 2. The van der Waals surface area contributed by atoms with Crippen LogP contribution in [0.15, 0.2) is 47.8 Å². The predicted molar refractivity (Wildman–Crippen MR) is 107 cm³/mol. The van der Waals surface area contributed by atoms with Gasteiger partial charge in [-0.05, 0) is 22.9 Å². The van der Waals surface area contributed by atoms with Crippen LogP contribution in [-0.4, -0.2) is 37.2 Å². The van der Waals surface area contributed by atoms with Crippen LogP contribution in [0.4, 0.5) is 11.4 Å². The normalized spacial score (nSPS) is 14.2. The molecule has 0 spiro atoms. The fourth-order valence-electron chi connectivity index (χ4n) is 3.25. The van der Waals surface area contributed by atoms with Crippen molar-refractivity contribution >= 4 is 38.8 Å². The zero-order chi connectivity index (χ0) is 19.5. The number of nitrogens with zero attached hydrogens (tertiary/aromatic N) is 2. The van der Waals surface area contributed by atoms with Crippen molar-refractivity contribution in [1.82, 2.24) is 0 Å². The number of thiophene rings is 1. The summed E-state index contributed by atoms with van der Waals surface area (Å²) in [5.74, 6) is -0.569. The molecule has 1 saturated heterocycles. The van der Waals surface area contributed by atoms with Crippen LogP contribution in [0, 0.1) is 10.1 Å². The molecule has 1 fully saturated rings. The number of morpholine rings is 1. The first-order chi connectivity index (χ1) is 13.6. The number of carbonyl (C=O) groups excluding carboxylic acids is 1. The van der Waals surface area contributed by atoms with Crippen molar-refractivity contribution in [1.29, 1.82) is 0 Å². The molecular formula is C20H18N2O5S. The van der Waals surface area contributed by atoms with E-state index in [4.69, 9.17) is 9.47 Å². The third-order valence-electron chi connectivity index (χ3n) is 4.68. The number of benzene rings is 2. The van der Waals surface area contributed by atoms with Crippen molar-refractivity contribution in [2.45, 2.75) is 6.61 Å². The van der Waals surface area contributed by atoms with Crippen LogP contribution in [0.25, 0.3) is 10.1 Å². The highest BCUT2D eigenvalue weighted by Gasteiger charge is 2.23. The van der Waals surface area contributed by atoms with Crippen molar-refractivity contribution in [3.63, 3.8) is 0 Å². The molecule has 0 saturated carbocycles. The Bertz CT molecular complexity index is 1030. The van der Waals surface area contributed by atoms with E-state index in [1.54, 1.807) is 17.4 Å². The maximum Gasteiger partial charge on any atom is 0.340 e. The van der Waals surface area contributed by atoms with E-state index in [0.717, 1.165) is 15.6 Å². The highest BCUT2D eigenvalue weighted by Crippen LogP contribution is 2.29. The topological polar surface area (TPSA) is 81.9 Å². The molecule has 3 aromatic rings. The fourth-order valence-corrected chi connectivity index (χ4v) is 4.19. The molecule has 0 unspecified atom stereocenters. The number of fused-ring (bicyclic) bond motifs is 1. The second-order valence-corrected chi connectivity index (χ2v) is 7.30. The second-order valence-electron chi connectivity index (χ2n) is 6.39. The van der Waals surface area contributed by atoms with E-state index < -0.39 is 10.9 Å². The van der Waals surface area contributed by atoms with Gasteiger partial charge in [0.1, 0.15) is 6.61 Å². The number of nitro benzene ring substituents is 1. The molecule has 1 aromatic heterocycles. The third-order valence-corrected chi connectivity index (χ3v) is 5.69. The lowest BCUT2D eigenvalue weighted by Crippen LogP contribution is -2.37. The van der Waals surface area contributed by atoms with Gasteiger partial charge in [-0.1, -0.05) is 18.2 Å². The molecule has 8 heteroatoms. The Morgan fingerprint density at radius 2 is 2.00 bits per heavy atom. The van der Waals surface area contributed by atoms with Crippen LogP contribution < -0.4 is 4.90 Å². The first-order valence-corrected chi connectivity index (χ1v) is 9.75. The number of hydrogen-bond donors (Lipinski definition) is 0. The van der Waals surface area contributed by atoms with Crippen molar-refractivity contribution in [2.24, 2.45) is 0 Å². The summed E-state index contributed by atoms with van der Waals surface area (Å²) in [6.45, 7) is 2.45. The minimum atomic E-state index is -0.569. The number of non-ortho nitro benzene ring substituents is 1. The van der Waals surface area contributed by atoms with Gasteiger partial charge in [-0.25, -0.2) is 4.79 Å². The van der Waals surface area contributed by atoms with E-state index in [2.05, 4.69) is 0 Å². The van der Waals surface area contributed by atoms with Crippen molar-refractivity contribution in [3.8, 4) is 0 Å². The van der Waals surface area contributed by atoms with E-state index in [0.29, 0.717) is 32.0 Å². The van der Waals surface area contributed by atoms with Gasteiger partial charge in [-0.2, -0.15) is 0 Å². The van der Waals surface area contributed by atoms with E-state index in [9.17, 15) is 14.9 Å². The Hall–Kier alpha value is -2.97. The summed E-state index contributed by atoms with van der Waals surface area (Å²) in [7, 11) is 0. The fraction of sp³-hybridized carbons (Fsp3) is 0.250. The summed E-state index contributed by atoms with van der Waals surface area (Å²) < 4.78 is 12.0. The summed E-state index contributed by atoms with van der Waals surface area (Å²) in [6, 6.07) is 12.2. The van der Waals surface area contributed by atoms with E-state index in [-0.39, 0.29) is 17.9 Å². The Labute approximate surface area is 165 Å². The van der Waals surface area contributed by atoms with Gasteiger partial charge in [0.15, 0.2) is 0 Å². The van der Waals surface area contributed by atoms with Crippen LogP contribution >= 0.6 is 11.3 Å². The maximum absolute atomic E-state index is 12.8. The molecule has 2 aromatic carbocycles. The molecule has 7 nitrogen and oxygen atoms in total. The van der Waals surface area contributed by atoms with Crippen molar-refractivity contribution < 1.29 is 19.2 Å². The van der Waals surface area contributed by atoms with Crippen LogP contribution in [-0.2, 0) is 16.1 Å². The lowest BCUT2D eigenvalue weighted by atomic mass is 10.1. The first-order valence-electron chi connectivity index (χ1n) is 8.87. The maximum atomic E-state index is 12.8. The van der Waals surface area contributed by atoms with Crippen molar-refractivity contribution in [2.75, 3.05) is 31.2 Å². The molecule has 4 rings (SSSR count). The van der Waals surface area contributed by atoms with E-state index >= 15 is 0 Å². The molecule has 2 heterocycles. The summed E-state index contributed by atoms with van der Waals surface area (Å²) in [5, 5.41) is 14.2. The van der Waals surface area contributed by atoms with E-state index in [1.165, 1.54) is 12.1 Å². The van der Waals surface area contributed by atoms with E-state index in [1.807, 2.05) is 34.5 Å². The molecule has 0 atom stereocenters. The van der Waals surface area contributed by atoms with Crippen LogP contribution in [0.2, 0.25) is 0 Å². The van der Waals surface area contributed by atoms with Crippen LogP contribution in [0.3, 0.4) is 0 Å². The average molecular weight is 398 g/mol. The molecule has 144 valence electrons. The Balaban J connectivity index is 1.59. The van der Waals surface area contributed by atoms with Gasteiger partial charge >= 0.3 is 5.97 Å². The Morgan fingerprint density at radius 3 is 2.79 bits per heavy atom. The summed E-state index contributed by atoms with van der Waals surface area (Å²) in [5.41, 5.74) is 1.63. The zero-order valence-electron chi connectivity index (χ0n) is 15.0. The monoisotopic (exact) mass is 398 g/mol. The van der Waals surface area contributed by atoms with Gasteiger partial charge in [0.05, 0.1) is 29.4 Å². The number of hydrogen-bond acceptors (Lipinski definition) is 7. The average Bonchev–Trinajstić information content (AvgIpc) is 3.15. The second kappa shape index (κ2) is 7.95. The van der Waals surface area contributed by atoms with Gasteiger partial charge in [-0.3, -0.25) is 10.1 Å². The first kappa shape index (κ1) is 18.4. The minimum Gasteiger partial charge on any atom is -0.457 e. The van der Waals surface area contributed by atoms with Gasteiger partial charge in [0.25, 0.3) is 5.69 Å². The number of carbonyl (C=O) groups is 1. The summed E-state index contributed by atoms with van der Waals surface area (Å²) in [6.07, 6.45) is 0. The largest absolute Gasteiger partial charge is 0.457 e. The number of esters is 1. The highest BCUT2D eigenvalue weighted by atomic mass is 32.1. The van der Waals surface area contributed by atoms with Gasteiger partial charge in [0.2, 0.25) is 0 Å². The lowest BCUT2D eigenvalue weighted by molar-refractivity contribution is -0.384. The standard InChI is InChI=1S/C20H18N2O5S/c23-20(27-12-14-13-28-19-4-2-1-3-16(14)19)17-11-15(22(24)25)5-6-18(17)21-7-9-26-10-8-21/h1-6,11,13H,7-10,12H2. The van der Waals surface area contributed by atoms with Gasteiger partial charge in [-0.15, -0.1) is 11.3 Å². The molecule has 28 heavy (non-hydrogen) atoms. The van der Waals surface area contributed by atoms with Gasteiger partial charge < -0.3 is 14.4 Å². The predicted octanol–water partition coefficient (Wildman–Crippen LogP) is 4.00. The van der Waals surface area contributed by atoms with Gasteiger partial charge in [0, 0.05) is 35.5 Å². The highest BCUT2D eigenvalue weighted by molar-refractivity contribution is 7.17. The molecule has 1 aliphatic heterocycles. The SMILES string of the molecule is O=C(OCc1csc2ccccc12)c1cc([N+](=O)[O-])ccc1N1CCOCC1. The quantitative estimate of drug-likeness (QED) is 0.367. The minimum absolute atomic E-state index is 0.119. The summed E-state index contributed by atoms with van der Waals surface area (Å²) >= 11 is 1.59. The smallest absolute Gasteiger partial charge is 0.340 e. The van der Waals surface area contributed by atoms with Crippen LogP contribution in [0.1, 0.15) is 15.9 Å². The number of rotatable bonds is 5. The Kier molecular flexibility index (Phi) is 5.23. The Morgan fingerprint density at radius 1 is 1.21 bits per heavy atom. The molecule has 0 bridgehead atoms. The number of anilines is 1. The number of nitro groups is 1. The lowest BCUT2D eigenvalue weighted by Gasteiger charge is -2.30. The molecule has 1 aliphatic rings. The summed E-state index contributed by atoms with van der Waals surface area (Å²) in [4.78, 5) is 25.5. The molecular weight excluding hydrogens is 380 g/mol. The molecule has 0 radical (unpaired) electrons. The third kappa shape index (κ3) is 3.69. The zero-order valence-corrected chi connectivity index (χ0v) is 15.8.